The van der Waals surface area contributed by atoms with Gasteiger partial charge in [-0.25, -0.2) is 4.68 Å². The van der Waals surface area contributed by atoms with Gasteiger partial charge in [0.1, 0.15) is 5.82 Å². The minimum atomic E-state index is -0.0990. The molecule has 1 aliphatic rings. The lowest BCUT2D eigenvalue weighted by Crippen LogP contribution is -2.40. The standard InChI is InChI=1S/C16H20N4O2/c1-11-7-12(2)9-13(8-11)20-15(17)10-14(18-20)16(21)19-3-5-22-6-4-19/h7-10H,3-6,17H2,1-2H3. The monoisotopic (exact) mass is 300 g/mol. The molecule has 1 aliphatic heterocycles. The summed E-state index contributed by atoms with van der Waals surface area (Å²) in [4.78, 5) is 14.2. The van der Waals surface area contributed by atoms with Crippen LogP contribution in [0.15, 0.2) is 24.3 Å². The third kappa shape index (κ3) is 2.82. The van der Waals surface area contributed by atoms with Crippen LogP contribution in [-0.2, 0) is 4.74 Å². The second-order valence-electron chi connectivity index (χ2n) is 5.62. The number of hydrogen-bond donors (Lipinski definition) is 1. The van der Waals surface area contributed by atoms with Crippen molar-refractivity contribution in [3.8, 4) is 5.69 Å². The van der Waals surface area contributed by atoms with Gasteiger partial charge in [0.05, 0.1) is 18.9 Å². The summed E-state index contributed by atoms with van der Waals surface area (Å²) in [5.74, 6) is 0.361. The molecule has 1 fully saturated rings. The normalized spacial score (nSPS) is 15.1. The number of nitrogens with zero attached hydrogens (tertiary/aromatic N) is 3. The molecular weight excluding hydrogens is 280 g/mol. The number of rotatable bonds is 2. The van der Waals surface area contributed by atoms with Crippen molar-refractivity contribution in [3.63, 3.8) is 0 Å². The maximum absolute atomic E-state index is 12.5. The van der Waals surface area contributed by atoms with Crippen molar-refractivity contribution in [1.29, 1.82) is 0 Å². The predicted octanol–water partition coefficient (Wildman–Crippen LogP) is 1.54. The topological polar surface area (TPSA) is 73.4 Å². The third-order valence-electron chi connectivity index (χ3n) is 3.71. The first-order valence-electron chi connectivity index (χ1n) is 7.36. The number of nitrogens with two attached hydrogens (primary N) is 1. The fraction of sp³-hybridized carbons (Fsp3) is 0.375. The summed E-state index contributed by atoms with van der Waals surface area (Å²) in [5.41, 5.74) is 9.55. The molecule has 116 valence electrons. The summed E-state index contributed by atoms with van der Waals surface area (Å²) in [7, 11) is 0. The van der Waals surface area contributed by atoms with Gasteiger partial charge in [0.15, 0.2) is 5.69 Å². The van der Waals surface area contributed by atoms with Crippen molar-refractivity contribution in [1.82, 2.24) is 14.7 Å². The fourth-order valence-electron chi connectivity index (χ4n) is 2.71. The van der Waals surface area contributed by atoms with E-state index in [-0.39, 0.29) is 5.91 Å². The Hall–Kier alpha value is -2.34. The van der Waals surface area contributed by atoms with Gasteiger partial charge < -0.3 is 15.4 Å². The molecule has 1 amide bonds. The molecule has 6 heteroatoms. The number of anilines is 1. The average Bonchev–Trinajstić information content (AvgIpc) is 2.88. The van der Waals surface area contributed by atoms with E-state index in [0.29, 0.717) is 37.8 Å². The molecule has 2 aromatic rings. The van der Waals surface area contributed by atoms with Crippen LogP contribution in [0, 0.1) is 13.8 Å². The molecule has 0 aliphatic carbocycles. The van der Waals surface area contributed by atoms with Gasteiger partial charge in [-0.05, 0) is 37.1 Å². The maximum Gasteiger partial charge on any atom is 0.274 e. The lowest BCUT2D eigenvalue weighted by atomic mass is 10.1. The number of aryl methyl sites for hydroxylation is 2. The number of hydrogen-bond acceptors (Lipinski definition) is 4. The molecule has 0 saturated carbocycles. The molecule has 2 N–H and O–H groups in total. The zero-order valence-electron chi connectivity index (χ0n) is 12.9. The molecule has 0 bridgehead atoms. The Morgan fingerprint density at radius 1 is 1.14 bits per heavy atom. The molecule has 1 aromatic carbocycles. The van der Waals surface area contributed by atoms with Crippen LogP contribution < -0.4 is 5.73 Å². The summed E-state index contributed by atoms with van der Waals surface area (Å²) in [5, 5.41) is 4.40. The SMILES string of the molecule is Cc1cc(C)cc(-n2nc(C(=O)N3CCOCC3)cc2N)c1. The van der Waals surface area contributed by atoms with Crippen LogP contribution in [0.5, 0.6) is 0 Å². The van der Waals surface area contributed by atoms with Crippen LogP contribution >= 0.6 is 0 Å². The van der Waals surface area contributed by atoms with Crippen LogP contribution in [0.25, 0.3) is 5.69 Å². The van der Waals surface area contributed by atoms with Crippen molar-refractivity contribution < 1.29 is 9.53 Å². The van der Waals surface area contributed by atoms with Gasteiger partial charge in [-0.2, -0.15) is 5.10 Å². The quantitative estimate of drug-likeness (QED) is 0.913. The van der Waals surface area contributed by atoms with E-state index in [0.717, 1.165) is 16.8 Å². The predicted molar refractivity (Wildman–Crippen MR) is 84.2 cm³/mol. The number of benzene rings is 1. The van der Waals surface area contributed by atoms with Crippen molar-refractivity contribution >= 4 is 11.7 Å². The zero-order chi connectivity index (χ0) is 15.7. The van der Waals surface area contributed by atoms with Gasteiger partial charge in [0.2, 0.25) is 0 Å². The summed E-state index contributed by atoms with van der Waals surface area (Å²) in [6, 6.07) is 7.72. The van der Waals surface area contributed by atoms with E-state index >= 15 is 0 Å². The van der Waals surface area contributed by atoms with Crippen molar-refractivity contribution in [2.24, 2.45) is 0 Å². The highest BCUT2D eigenvalue weighted by Gasteiger charge is 2.22. The number of carbonyl (C=O) groups excluding carboxylic acids is 1. The summed E-state index contributed by atoms with van der Waals surface area (Å²) in [6.07, 6.45) is 0. The Bertz CT molecular complexity index is 682. The Balaban J connectivity index is 1.91. The highest BCUT2D eigenvalue weighted by molar-refractivity contribution is 5.93. The highest BCUT2D eigenvalue weighted by Crippen LogP contribution is 2.18. The van der Waals surface area contributed by atoms with Crippen LogP contribution in [0.3, 0.4) is 0 Å². The molecule has 3 rings (SSSR count). The summed E-state index contributed by atoms with van der Waals surface area (Å²) >= 11 is 0. The van der Waals surface area contributed by atoms with E-state index in [1.807, 2.05) is 26.0 Å². The second kappa shape index (κ2) is 5.81. The van der Waals surface area contributed by atoms with Gasteiger partial charge in [0.25, 0.3) is 5.91 Å². The highest BCUT2D eigenvalue weighted by atomic mass is 16.5. The molecule has 1 aromatic heterocycles. The number of aromatic nitrogens is 2. The number of morpholine rings is 1. The molecular formula is C16H20N4O2. The molecule has 0 radical (unpaired) electrons. The molecule has 0 atom stereocenters. The Labute approximate surface area is 129 Å². The zero-order valence-corrected chi connectivity index (χ0v) is 12.9. The first kappa shape index (κ1) is 14.6. The van der Waals surface area contributed by atoms with Crippen molar-refractivity contribution in [3.05, 3.63) is 41.1 Å². The van der Waals surface area contributed by atoms with Crippen LogP contribution in [0.1, 0.15) is 21.6 Å². The average molecular weight is 300 g/mol. The summed E-state index contributed by atoms with van der Waals surface area (Å²) in [6.45, 7) is 6.37. The lowest BCUT2D eigenvalue weighted by molar-refractivity contribution is 0.0298. The van der Waals surface area contributed by atoms with E-state index in [2.05, 4.69) is 11.2 Å². The molecule has 2 heterocycles. The van der Waals surface area contributed by atoms with E-state index in [1.165, 1.54) is 0 Å². The maximum atomic E-state index is 12.5. The van der Waals surface area contributed by atoms with Gasteiger partial charge in [-0.15, -0.1) is 0 Å². The van der Waals surface area contributed by atoms with Crippen molar-refractivity contribution in [2.75, 3.05) is 32.0 Å². The van der Waals surface area contributed by atoms with Gasteiger partial charge in [-0.1, -0.05) is 6.07 Å². The van der Waals surface area contributed by atoms with Crippen molar-refractivity contribution in [2.45, 2.75) is 13.8 Å². The molecule has 0 unspecified atom stereocenters. The minimum absolute atomic E-state index is 0.0990. The number of amides is 1. The minimum Gasteiger partial charge on any atom is -0.384 e. The van der Waals surface area contributed by atoms with Gasteiger partial charge >= 0.3 is 0 Å². The van der Waals surface area contributed by atoms with Crippen LogP contribution in [-0.4, -0.2) is 46.9 Å². The number of nitrogen functional groups attached to an aromatic ring is 1. The molecule has 0 spiro atoms. The largest absolute Gasteiger partial charge is 0.384 e. The van der Waals surface area contributed by atoms with E-state index in [1.54, 1.807) is 15.6 Å². The molecule has 22 heavy (non-hydrogen) atoms. The van der Waals surface area contributed by atoms with E-state index in [4.69, 9.17) is 10.5 Å². The van der Waals surface area contributed by atoms with E-state index < -0.39 is 0 Å². The van der Waals surface area contributed by atoms with E-state index in [9.17, 15) is 4.79 Å². The fourth-order valence-corrected chi connectivity index (χ4v) is 2.71. The second-order valence-corrected chi connectivity index (χ2v) is 5.62. The third-order valence-corrected chi connectivity index (χ3v) is 3.71. The van der Waals surface area contributed by atoms with Gasteiger partial charge in [-0.3, -0.25) is 4.79 Å². The first-order valence-corrected chi connectivity index (χ1v) is 7.36. The smallest absolute Gasteiger partial charge is 0.274 e. The number of ether oxygens (including phenoxy) is 1. The lowest BCUT2D eigenvalue weighted by Gasteiger charge is -2.25. The molecule has 1 saturated heterocycles. The summed E-state index contributed by atoms with van der Waals surface area (Å²) < 4.78 is 6.88. The van der Waals surface area contributed by atoms with Crippen LogP contribution in [0.4, 0.5) is 5.82 Å². The van der Waals surface area contributed by atoms with Gasteiger partial charge in [0, 0.05) is 19.2 Å². The number of carbonyl (C=O) groups is 1. The Morgan fingerprint density at radius 2 is 1.77 bits per heavy atom. The first-order chi connectivity index (χ1) is 10.5. The Kier molecular flexibility index (Phi) is 3.85. The molecule has 6 nitrogen and oxygen atoms in total. The Morgan fingerprint density at radius 3 is 2.41 bits per heavy atom. The van der Waals surface area contributed by atoms with Crippen LogP contribution in [0.2, 0.25) is 0 Å².